The summed E-state index contributed by atoms with van der Waals surface area (Å²) in [5, 5.41) is 0. The van der Waals surface area contributed by atoms with Crippen molar-refractivity contribution in [1.82, 2.24) is 4.90 Å². The van der Waals surface area contributed by atoms with Gasteiger partial charge in [0.15, 0.2) is 9.84 Å². The zero-order valence-corrected chi connectivity index (χ0v) is 15.6. The third-order valence-corrected chi connectivity index (χ3v) is 5.70. The second-order valence-corrected chi connectivity index (χ2v) is 8.54. The third kappa shape index (κ3) is 4.71. The Morgan fingerprint density at radius 2 is 1.81 bits per heavy atom. The number of aryl methyl sites for hydroxylation is 1. The number of rotatable bonds is 5. The van der Waals surface area contributed by atoms with E-state index in [1.165, 1.54) is 6.26 Å². The lowest BCUT2D eigenvalue weighted by Gasteiger charge is -2.33. The van der Waals surface area contributed by atoms with Crippen molar-refractivity contribution in [3.8, 4) is 0 Å². The van der Waals surface area contributed by atoms with Gasteiger partial charge in [-0.2, -0.15) is 0 Å². The van der Waals surface area contributed by atoms with Crippen LogP contribution in [0.3, 0.4) is 0 Å². The molecule has 0 spiro atoms. The van der Waals surface area contributed by atoms with Gasteiger partial charge < -0.3 is 9.64 Å². The first-order valence-electron chi connectivity index (χ1n) is 8.67. The third-order valence-electron chi connectivity index (χ3n) is 4.57. The number of morpholine rings is 1. The average molecular weight is 373 g/mol. The second kappa shape index (κ2) is 8.01. The van der Waals surface area contributed by atoms with E-state index in [1.54, 1.807) is 24.3 Å². The van der Waals surface area contributed by atoms with Crippen LogP contribution in [0.5, 0.6) is 0 Å². The molecular formula is C20H23NO4S. The summed E-state index contributed by atoms with van der Waals surface area (Å²) in [5.74, 6) is 0.0985. The summed E-state index contributed by atoms with van der Waals surface area (Å²) in [6.07, 6.45) is 2.10. The van der Waals surface area contributed by atoms with Crippen molar-refractivity contribution in [2.75, 3.05) is 26.0 Å². The Hall–Kier alpha value is -2.18. The van der Waals surface area contributed by atoms with Gasteiger partial charge >= 0.3 is 0 Å². The van der Waals surface area contributed by atoms with Gasteiger partial charge in [0.05, 0.1) is 18.0 Å². The Labute approximate surface area is 154 Å². The predicted octanol–water partition coefficient (Wildman–Crippen LogP) is 2.62. The second-order valence-electron chi connectivity index (χ2n) is 6.53. The van der Waals surface area contributed by atoms with Gasteiger partial charge in [-0.1, -0.05) is 42.5 Å². The molecule has 1 atom stereocenters. The quantitative estimate of drug-likeness (QED) is 0.808. The monoisotopic (exact) mass is 373 g/mol. The molecule has 138 valence electrons. The van der Waals surface area contributed by atoms with Crippen molar-refractivity contribution in [2.45, 2.75) is 23.8 Å². The predicted molar refractivity (Wildman–Crippen MR) is 99.6 cm³/mol. The number of benzene rings is 2. The first kappa shape index (κ1) is 18.6. The maximum Gasteiger partial charge on any atom is 0.223 e. The van der Waals surface area contributed by atoms with Gasteiger partial charge in [0.2, 0.25) is 5.91 Å². The summed E-state index contributed by atoms with van der Waals surface area (Å²) in [4.78, 5) is 14.7. The number of carbonyl (C=O) groups is 1. The lowest BCUT2D eigenvalue weighted by atomic mass is 10.1. The van der Waals surface area contributed by atoms with E-state index < -0.39 is 9.84 Å². The Kier molecular flexibility index (Phi) is 5.74. The SMILES string of the molecule is CS(=O)(=O)c1ccc(CCC(=O)N2CCO[C@@H](c3ccccc3)C2)cc1. The highest BCUT2D eigenvalue weighted by Gasteiger charge is 2.25. The van der Waals surface area contributed by atoms with Crippen LogP contribution in [0.25, 0.3) is 0 Å². The molecule has 0 bridgehead atoms. The molecule has 0 aliphatic carbocycles. The number of hydrogen-bond acceptors (Lipinski definition) is 4. The van der Waals surface area contributed by atoms with E-state index in [4.69, 9.17) is 4.74 Å². The van der Waals surface area contributed by atoms with Crippen molar-refractivity contribution in [3.05, 3.63) is 65.7 Å². The molecule has 0 N–H and O–H groups in total. The van der Waals surface area contributed by atoms with Gasteiger partial charge in [-0.3, -0.25) is 4.79 Å². The molecule has 1 aliphatic rings. The number of nitrogens with zero attached hydrogens (tertiary/aromatic N) is 1. The fraction of sp³-hybridized carbons (Fsp3) is 0.350. The molecule has 2 aromatic rings. The molecule has 6 heteroatoms. The van der Waals surface area contributed by atoms with E-state index >= 15 is 0 Å². The standard InChI is InChI=1S/C20H23NO4S/c1-26(23,24)18-10-7-16(8-11-18)9-12-20(22)21-13-14-25-19(15-21)17-5-3-2-4-6-17/h2-8,10-11,19H,9,12-15H2,1H3/t19-/m1/s1. The van der Waals surface area contributed by atoms with Crippen LogP contribution >= 0.6 is 0 Å². The number of hydrogen-bond donors (Lipinski definition) is 0. The lowest BCUT2D eigenvalue weighted by molar-refractivity contribution is -0.139. The van der Waals surface area contributed by atoms with Crippen molar-refractivity contribution >= 4 is 15.7 Å². The maximum atomic E-state index is 12.5. The van der Waals surface area contributed by atoms with E-state index in [0.717, 1.165) is 11.1 Å². The fourth-order valence-corrected chi connectivity index (χ4v) is 3.69. The molecule has 1 amide bonds. The van der Waals surface area contributed by atoms with E-state index in [1.807, 2.05) is 35.2 Å². The summed E-state index contributed by atoms with van der Waals surface area (Å²) in [7, 11) is -3.19. The molecule has 1 heterocycles. The molecular weight excluding hydrogens is 350 g/mol. The Morgan fingerprint density at radius 3 is 2.46 bits per heavy atom. The normalized spacial score (nSPS) is 17.9. The van der Waals surface area contributed by atoms with Crippen molar-refractivity contribution in [1.29, 1.82) is 0 Å². The number of carbonyl (C=O) groups excluding carboxylic acids is 1. The van der Waals surface area contributed by atoms with Crippen LogP contribution in [0, 0.1) is 0 Å². The van der Waals surface area contributed by atoms with Gasteiger partial charge in [-0.05, 0) is 29.7 Å². The van der Waals surface area contributed by atoms with Gasteiger partial charge in [-0.25, -0.2) is 8.42 Å². The van der Waals surface area contributed by atoms with Gasteiger partial charge in [-0.15, -0.1) is 0 Å². The van der Waals surface area contributed by atoms with Crippen molar-refractivity contribution in [3.63, 3.8) is 0 Å². The molecule has 0 radical (unpaired) electrons. The minimum atomic E-state index is -3.19. The molecule has 0 unspecified atom stereocenters. The number of amides is 1. The molecule has 0 saturated carbocycles. The Bertz CT molecular complexity index is 847. The minimum Gasteiger partial charge on any atom is -0.370 e. The van der Waals surface area contributed by atoms with Crippen LogP contribution in [0.15, 0.2) is 59.5 Å². The van der Waals surface area contributed by atoms with Crippen molar-refractivity contribution < 1.29 is 17.9 Å². The smallest absolute Gasteiger partial charge is 0.223 e. The fourth-order valence-electron chi connectivity index (χ4n) is 3.06. The number of ether oxygens (including phenoxy) is 1. The summed E-state index contributed by atoms with van der Waals surface area (Å²) in [6.45, 7) is 1.71. The molecule has 1 aliphatic heterocycles. The van der Waals surface area contributed by atoms with Gasteiger partial charge in [0, 0.05) is 19.2 Å². The van der Waals surface area contributed by atoms with Crippen LogP contribution in [-0.4, -0.2) is 45.2 Å². The maximum absolute atomic E-state index is 12.5. The molecule has 1 saturated heterocycles. The zero-order valence-electron chi connectivity index (χ0n) is 14.8. The van der Waals surface area contributed by atoms with Crippen LogP contribution in [-0.2, 0) is 25.8 Å². The highest BCUT2D eigenvalue weighted by Crippen LogP contribution is 2.22. The number of sulfone groups is 1. The summed E-state index contributed by atoms with van der Waals surface area (Å²) < 4.78 is 28.8. The van der Waals surface area contributed by atoms with E-state index in [9.17, 15) is 13.2 Å². The summed E-state index contributed by atoms with van der Waals surface area (Å²) >= 11 is 0. The Morgan fingerprint density at radius 1 is 1.12 bits per heavy atom. The van der Waals surface area contributed by atoms with Crippen LogP contribution in [0.2, 0.25) is 0 Å². The van der Waals surface area contributed by atoms with Crippen LogP contribution < -0.4 is 0 Å². The highest BCUT2D eigenvalue weighted by molar-refractivity contribution is 7.90. The zero-order chi connectivity index (χ0) is 18.6. The van der Waals surface area contributed by atoms with Crippen LogP contribution in [0.4, 0.5) is 0 Å². The molecule has 26 heavy (non-hydrogen) atoms. The molecule has 1 fully saturated rings. The highest BCUT2D eigenvalue weighted by atomic mass is 32.2. The van der Waals surface area contributed by atoms with E-state index in [2.05, 4.69) is 0 Å². The molecule has 0 aromatic heterocycles. The first-order valence-corrected chi connectivity index (χ1v) is 10.6. The molecule has 5 nitrogen and oxygen atoms in total. The van der Waals surface area contributed by atoms with Crippen LogP contribution in [0.1, 0.15) is 23.7 Å². The molecule has 2 aromatic carbocycles. The minimum absolute atomic E-state index is 0.0806. The first-order chi connectivity index (χ1) is 12.4. The van der Waals surface area contributed by atoms with Gasteiger partial charge in [0.1, 0.15) is 6.10 Å². The summed E-state index contributed by atoms with van der Waals surface area (Å²) in [6, 6.07) is 16.7. The topological polar surface area (TPSA) is 63.7 Å². The Balaban J connectivity index is 1.56. The van der Waals surface area contributed by atoms with Crippen molar-refractivity contribution in [2.24, 2.45) is 0 Å². The average Bonchev–Trinajstić information content (AvgIpc) is 2.66. The van der Waals surface area contributed by atoms with E-state index in [0.29, 0.717) is 37.4 Å². The van der Waals surface area contributed by atoms with E-state index in [-0.39, 0.29) is 12.0 Å². The largest absolute Gasteiger partial charge is 0.370 e. The summed E-state index contributed by atoms with van der Waals surface area (Å²) in [5.41, 5.74) is 2.04. The molecule has 3 rings (SSSR count). The lowest BCUT2D eigenvalue weighted by Crippen LogP contribution is -2.42. The van der Waals surface area contributed by atoms with Gasteiger partial charge in [0.25, 0.3) is 0 Å².